The van der Waals surface area contributed by atoms with E-state index in [1.807, 2.05) is 0 Å². The largest absolute Gasteiger partial charge is 0.480 e. The SMILES string of the molecule is COc1ccc(O[C@@H]2CCN(C(=O)c3cc(C4CC4)on3)C2)nn1. The summed E-state index contributed by atoms with van der Waals surface area (Å²) in [4.78, 5) is 14.2. The number of methoxy groups -OCH3 is 1. The van der Waals surface area contributed by atoms with E-state index in [1.54, 1.807) is 23.1 Å². The van der Waals surface area contributed by atoms with Gasteiger partial charge in [0.2, 0.25) is 11.8 Å². The predicted molar refractivity (Wildman–Crippen MR) is 82.0 cm³/mol. The summed E-state index contributed by atoms with van der Waals surface area (Å²) in [5.74, 6) is 2.01. The van der Waals surface area contributed by atoms with Crippen molar-refractivity contribution >= 4 is 5.91 Å². The molecular formula is C16H18N4O4. The van der Waals surface area contributed by atoms with Crippen molar-refractivity contribution in [1.82, 2.24) is 20.3 Å². The molecule has 0 bridgehead atoms. The van der Waals surface area contributed by atoms with Crippen LogP contribution in [0.1, 0.15) is 41.4 Å². The first-order valence-electron chi connectivity index (χ1n) is 8.03. The monoisotopic (exact) mass is 330 g/mol. The number of carbonyl (C=O) groups is 1. The van der Waals surface area contributed by atoms with Gasteiger partial charge in [0.25, 0.3) is 5.91 Å². The molecule has 2 aromatic rings. The van der Waals surface area contributed by atoms with Crippen molar-refractivity contribution in [3.8, 4) is 11.8 Å². The van der Waals surface area contributed by atoms with Crippen LogP contribution in [0.15, 0.2) is 22.7 Å². The highest BCUT2D eigenvalue weighted by Crippen LogP contribution is 2.40. The van der Waals surface area contributed by atoms with E-state index in [0.717, 1.165) is 25.0 Å². The van der Waals surface area contributed by atoms with Gasteiger partial charge in [-0.15, -0.1) is 10.2 Å². The van der Waals surface area contributed by atoms with Crippen molar-refractivity contribution < 1.29 is 18.8 Å². The summed E-state index contributed by atoms with van der Waals surface area (Å²) in [5.41, 5.74) is 0.377. The van der Waals surface area contributed by atoms with E-state index < -0.39 is 0 Å². The highest BCUT2D eigenvalue weighted by atomic mass is 16.5. The van der Waals surface area contributed by atoms with Gasteiger partial charge >= 0.3 is 0 Å². The van der Waals surface area contributed by atoms with E-state index in [2.05, 4.69) is 15.4 Å². The van der Waals surface area contributed by atoms with Crippen molar-refractivity contribution in [3.05, 3.63) is 29.7 Å². The number of hydrogen-bond acceptors (Lipinski definition) is 7. The first-order valence-corrected chi connectivity index (χ1v) is 8.03. The summed E-state index contributed by atoms with van der Waals surface area (Å²) in [6.45, 7) is 1.12. The molecule has 0 unspecified atom stereocenters. The number of ether oxygens (including phenoxy) is 2. The molecule has 2 fully saturated rings. The fourth-order valence-corrected chi connectivity index (χ4v) is 2.77. The van der Waals surface area contributed by atoms with Crippen LogP contribution in [0, 0.1) is 0 Å². The molecule has 4 rings (SSSR count). The van der Waals surface area contributed by atoms with Gasteiger partial charge in [0.1, 0.15) is 11.9 Å². The van der Waals surface area contributed by atoms with Crippen LogP contribution < -0.4 is 9.47 Å². The van der Waals surface area contributed by atoms with E-state index in [-0.39, 0.29) is 12.0 Å². The number of likely N-dealkylation sites (tertiary alicyclic amines) is 1. The zero-order chi connectivity index (χ0) is 16.5. The molecule has 1 aliphatic carbocycles. The number of carbonyl (C=O) groups excluding carboxylic acids is 1. The molecule has 0 aromatic carbocycles. The minimum atomic E-state index is -0.113. The van der Waals surface area contributed by atoms with Crippen LogP contribution in [0.5, 0.6) is 11.8 Å². The Morgan fingerprint density at radius 3 is 2.75 bits per heavy atom. The van der Waals surface area contributed by atoms with Gasteiger partial charge < -0.3 is 18.9 Å². The van der Waals surface area contributed by atoms with Gasteiger partial charge in [0.05, 0.1) is 13.7 Å². The number of amides is 1. The maximum absolute atomic E-state index is 12.5. The second-order valence-corrected chi connectivity index (χ2v) is 6.08. The highest BCUT2D eigenvalue weighted by Gasteiger charge is 2.33. The molecule has 2 aliphatic rings. The molecule has 3 heterocycles. The van der Waals surface area contributed by atoms with Crippen molar-refractivity contribution in [1.29, 1.82) is 0 Å². The smallest absolute Gasteiger partial charge is 0.276 e. The number of rotatable bonds is 5. The van der Waals surface area contributed by atoms with Gasteiger partial charge in [-0.05, 0) is 12.8 Å². The summed E-state index contributed by atoms with van der Waals surface area (Å²) in [7, 11) is 1.53. The van der Waals surface area contributed by atoms with E-state index in [4.69, 9.17) is 14.0 Å². The zero-order valence-corrected chi connectivity index (χ0v) is 13.3. The predicted octanol–water partition coefficient (Wildman–Crippen LogP) is 1.64. The lowest BCUT2D eigenvalue weighted by atomic mass is 10.2. The molecule has 8 heteroatoms. The Hall–Kier alpha value is -2.64. The quantitative estimate of drug-likeness (QED) is 0.823. The Morgan fingerprint density at radius 1 is 1.25 bits per heavy atom. The first kappa shape index (κ1) is 14.9. The molecule has 24 heavy (non-hydrogen) atoms. The summed E-state index contributed by atoms with van der Waals surface area (Å²) < 4.78 is 16.0. The van der Waals surface area contributed by atoms with Crippen LogP contribution in [-0.4, -0.2) is 52.5 Å². The molecule has 2 aromatic heterocycles. The van der Waals surface area contributed by atoms with Crippen molar-refractivity contribution in [2.45, 2.75) is 31.3 Å². The molecule has 1 saturated heterocycles. The lowest BCUT2D eigenvalue weighted by Crippen LogP contribution is -2.31. The van der Waals surface area contributed by atoms with Gasteiger partial charge in [0.15, 0.2) is 5.69 Å². The summed E-state index contributed by atoms with van der Waals surface area (Å²) in [5, 5.41) is 11.7. The second-order valence-electron chi connectivity index (χ2n) is 6.08. The van der Waals surface area contributed by atoms with E-state index >= 15 is 0 Å². The third kappa shape index (κ3) is 3.04. The molecule has 0 N–H and O–H groups in total. The summed E-state index contributed by atoms with van der Waals surface area (Å²) in [6.07, 6.45) is 2.87. The number of nitrogens with zero attached hydrogens (tertiary/aromatic N) is 4. The molecule has 126 valence electrons. The van der Waals surface area contributed by atoms with Crippen molar-refractivity contribution in [2.75, 3.05) is 20.2 Å². The molecule has 0 radical (unpaired) electrons. The fourth-order valence-electron chi connectivity index (χ4n) is 2.77. The average molecular weight is 330 g/mol. The highest BCUT2D eigenvalue weighted by molar-refractivity contribution is 5.92. The van der Waals surface area contributed by atoms with Crippen molar-refractivity contribution in [3.63, 3.8) is 0 Å². The second kappa shape index (κ2) is 6.10. The molecule has 8 nitrogen and oxygen atoms in total. The minimum absolute atomic E-state index is 0.105. The fraction of sp³-hybridized carbons (Fsp3) is 0.500. The lowest BCUT2D eigenvalue weighted by molar-refractivity contribution is 0.0760. The molecular weight excluding hydrogens is 312 g/mol. The molecule has 1 amide bonds. The van der Waals surface area contributed by atoms with Crippen LogP contribution in [0.25, 0.3) is 0 Å². The third-order valence-electron chi connectivity index (χ3n) is 4.27. The molecule has 1 atom stereocenters. The zero-order valence-electron chi connectivity index (χ0n) is 13.3. The molecule has 1 aliphatic heterocycles. The van der Waals surface area contributed by atoms with Crippen LogP contribution in [0.3, 0.4) is 0 Å². The van der Waals surface area contributed by atoms with Crippen LogP contribution >= 0.6 is 0 Å². The summed E-state index contributed by atoms with van der Waals surface area (Å²) >= 11 is 0. The molecule has 0 spiro atoms. The van der Waals surface area contributed by atoms with Gasteiger partial charge in [-0.25, -0.2) is 0 Å². The average Bonchev–Trinajstić information content (AvgIpc) is 3.16. The maximum atomic E-state index is 12.5. The number of hydrogen-bond donors (Lipinski definition) is 0. The Balaban J connectivity index is 1.35. The topological polar surface area (TPSA) is 90.6 Å². The Bertz CT molecular complexity index is 726. The normalized spacial score (nSPS) is 20.2. The van der Waals surface area contributed by atoms with Crippen molar-refractivity contribution in [2.24, 2.45) is 0 Å². The molecule has 1 saturated carbocycles. The van der Waals surface area contributed by atoms with E-state index in [9.17, 15) is 4.79 Å². The Kier molecular flexibility index (Phi) is 3.79. The lowest BCUT2D eigenvalue weighted by Gasteiger charge is -2.15. The van der Waals surface area contributed by atoms with Crippen LogP contribution in [0.2, 0.25) is 0 Å². The van der Waals surface area contributed by atoms with E-state index in [1.165, 1.54) is 7.11 Å². The first-order chi connectivity index (χ1) is 11.7. The van der Waals surface area contributed by atoms with E-state index in [0.29, 0.717) is 36.5 Å². The van der Waals surface area contributed by atoms with Gasteiger partial charge in [-0.2, -0.15) is 0 Å². The van der Waals surface area contributed by atoms with Crippen LogP contribution in [0.4, 0.5) is 0 Å². The Morgan fingerprint density at radius 2 is 2.04 bits per heavy atom. The third-order valence-corrected chi connectivity index (χ3v) is 4.27. The Labute approximate surface area is 138 Å². The summed E-state index contributed by atoms with van der Waals surface area (Å²) in [6, 6.07) is 5.16. The van der Waals surface area contributed by atoms with Gasteiger partial charge in [-0.1, -0.05) is 5.16 Å². The van der Waals surface area contributed by atoms with Gasteiger partial charge in [0, 0.05) is 37.1 Å². The maximum Gasteiger partial charge on any atom is 0.276 e. The van der Waals surface area contributed by atoms with Crippen LogP contribution in [-0.2, 0) is 0 Å². The minimum Gasteiger partial charge on any atom is -0.480 e. The van der Waals surface area contributed by atoms with Gasteiger partial charge in [-0.3, -0.25) is 4.79 Å². The number of aromatic nitrogens is 3. The standard InChI is InChI=1S/C16H18N4O4/c1-22-14-4-5-15(18-17-14)23-11-6-7-20(9-11)16(21)12-8-13(24-19-12)10-2-3-10/h4-5,8,10-11H,2-3,6-7,9H2,1H3/t11-/m1/s1.